The van der Waals surface area contributed by atoms with Crippen molar-refractivity contribution in [3.05, 3.63) is 47.1 Å². The fourth-order valence-corrected chi connectivity index (χ4v) is 3.33. The summed E-state index contributed by atoms with van der Waals surface area (Å²) in [6, 6.07) is 9.97. The van der Waals surface area contributed by atoms with Crippen LogP contribution in [0.3, 0.4) is 0 Å². The minimum absolute atomic E-state index is 0.535. The van der Waals surface area contributed by atoms with Gasteiger partial charge in [0.05, 0.1) is 5.02 Å². The smallest absolute Gasteiger partial charge is 0.101 e. The predicted octanol–water partition coefficient (Wildman–Crippen LogP) is 4.07. The maximum Gasteiger partial charge on any atom is 0.101 e. The lowest BCUT2D eigenvalue weighted by Crippen LogP contribution is -2.00. The van der Waals surface area contributed by atoms with Crippen LogP contribution >= 0.6 is 35.1 Å². The number of pyridine rings is 1. The zero-order valence-corrected chi connectivity index (χ0v) is 12.3. The molecule has 18 heavy (non-hydrogen) atoms. The van der Waals surface area contributed by atoms with E-state index in [9.17, 15) is 0 Å². The summed E-state index contributed by atoms with van der Waals surface area (Å²) in [4.78, 5) is 6.66. The summed E-state index contributed by atoms with van der Waals surface area (Å²) in [5, 5.41) is 1.57. The molecule has 1 aromatic carbocycles. The molecule has 0 aliphatic carbocycles. The maximum absolute atomic E-state index is 5.84. The fraction of sp³-hybridized carbons (Fsp3) is 0.154. The number of hydrogen-bond acceptors (Lipinski definition) is 4. The first-order chi connectivity index (χ1) is 8.74. The Balaban J connectivity index is 2.31. The van der Waals surface area contributed by atoms with Gasteiger partial charge in [0.1, 0.15) is 5.03 Å². The minimum atomic E-state index is 0.535. The molecule has 2 aromatic rings. The first-order valence-electron chi connectivity index (χ1n) is 5.40. The van der Waals surface area contributed by atoms with E-state index in [0.29, 0.717) is 11.6 Å². The van der Waals surface area contributed by atoms with Gasteiger partial charge in [-0.25, -0.2) is 4.98 Å². The molecule has 0 aliphatic heterocycles. The zero-order valence-electron chi connectivity index (χ0n) is 9.89. The van der Waals surface area contributed by atoms with Crippen LogP contribution in [0.1, 0.15) is 5.56 Å². The average molecular weight is 297 g/mol. The molecule has 0 atom stereocenters. The molecule has 5 heteroatoms. The second-order valence-electron chi connectivity index (χ2n) is 3.56. The van der Waals surface area contributed by atoms with Crippen molar-refractivity contribution in [2.75, 3.05) is 6.26 Å². The van der Waals surface area contributed by atoms with Gasteiger partial charge in [0.15, 0.2) is 0 Å². The van der Waals surface area contributed by atoms with Crippen LogP contribution in [0.15, 0.2) is 51.3 Å². The summed E-state index contributed by atoms with van der Waals surface area (Å²) < 4.78 is 0. The van der Waals surface area contributed by atoms with E-state index in [1.54, 1.807) is 29.7 Å². The van der Waals surface area contributed by atoms with Crippen LogP contribution in [-0.4, -0.2) is 11.2 Å². The summed E-state index contributed by atoms with van der Waals surface area (Å²) >= 11 is 9.15. The van der Waals surface area contributed by atoms with Crippen LogP contribution in [0.2, 0.25) is 5.02 Å². The minimum Gasteiger partial charge on any atom is -0.326 e. The van der Waals surface area contributed by atoms with Crippen molar-refractivity contribution >= 4 is 35.1 Å². The summed E-state index contributed by atoms with van der Waals surface area (Å²) in [5.74, 6) is 0. The van der Waals surface area contributed by atoms with E-state index in [2.05, 4.69) is 23.4 Å². The van der Waals surface area contributed by atoms with Crippen LogP contribution in [0.5, 0.6) is 0 Å². The molecule has 1 aromatic heterocycles. The van der Waals surface area contributed by atoms with Gasteiger partial charge in [0.25, 0.3) is 0 Å². The second-order valence-corrected chi connectivity index (χ2v) is 5.90. The van der Waals surface area contributed by atoms with Crippen molar-refractivity contribution in [1.82, 2.24) is 4.98 Å². The van der Waals surface area contributed by atoms with Crippen molar-refractivity contribution in [2.45, 2.75) is 21.4 Å². The van der Waals surface area contributed by atoms with E-state index in [1.165, 1.54) is 10.5 Å². The van der Waals surface area contributed by atoms with Crippen LogP contribution in [0.25, 0.3) is 0 Å². The molecule has 2 nitrogen and oxygen atoms in total. The number of benzene rings is 1. The summed E-state index contributed by atoms with van der Waals surface area (Å²) in [6.45, 7) is 0.535. The van der Waals surface area contributed by atoms with Gasteiger partial charge in [-0.2, -0.15) is 0 Å². The van der Waals surface area contributed by atoms with Crippen molar-refractivity contribution < 1.29 is 0 Å². The third-order valence-electron chi connectivity index (χ3n) is 2.43. The van der Waals surface area contributed by atoms with Crippen LogP contribution in [0.4, 0.5) is 0 Å². The number of halogens is 1. The lowest BCUT2D eigenvalue weighted by molar-refractivity contribution is 0.978. The molecule has 0 radical (unpaired) electrons. The first kappa shape index (κ1) is 13.7. The van der Waals surface area contributed by atoms with Crippen LogP contribution < -0.4 is 5.73 Å². The molecule has 0 saturated carbocycles. The van der Waals surface area contributed by atoms with E-state index in [1.807, 2.05) is 18.2 Å². The average Bonchev–Trinajstić information content (AvgIpc) is 2.41. The summed E-state index contributed by atoms with van der Waals surface area (Å²) in [7, 11) is 0. The number of thioether (sulfide) groups is 1. The van der Waals surface area contributed by atoms with Gasteiger partial charge in [-0.3, -0.25) is 0 Å². The summed E-state index contributed by atoms with van der Waals surface area (Å²) in [6.07, 6.45) is 3.72. The molecule has 0 bridgehead atoms. The molecule has 0 unspecified atom stereocenters. The van der Waals surface area contributed by atoms with Gasteiger partial charge >= 0.3 is 0 Å². The Morgan fingerprint density at radius 3 is 2.61 bits per heavy atom. The summed E-state index contributed by atoms with van der Waals surface area (Å²) in [5.41, 5.74) is 7.01. The standard InChI is InChI=1S/C13H13ClN2S2/c1-17-11-3-2-4-12(10(11)7-15)18-13-6-5-9(14)8-16-13/h2-6,8H,7,15H2,1H3. The molecule has 0 saturated heterocycles. The SMILES string of the molecule is CSc1cccc(Sc2ccc(Cl)cn2)c1CN. The highest BCUT2D eigenvalue weighted by Crippen LogP contribution is 2.33. The highest BCUT2D eigenvalue weighted by atomic mass is 35.5. The number of aromatic nitrogens is 1. The van der Waals surface area contributed by atoms with Crippen molar-refractivity contribution in [2.24, 2.45) is 5.73 Å². The Kier molecular flexibility index (Phi) is 4.95. The van der Waals surface area contributed by atoms with Gasteiger partial charge in [0, 0.05) is 22.5 Å². The molecule has 2 rings (SSSR count). The zero-order chi connectivity index (χ0) is 13.0. The number of nitrogens with zero attached hydrogens (tertiary/aromatic N) is 1. The third kappa shape index (κ3) is 3.20. The van der Waals surface area contributed by atoms with Gasteiger partial charge in [-0.1, -0.05) is 29.4 Å². The second kappa shape index (κ2) is 6.48. The van der Waals surface area contributed by atoms with E-state index in [4.69, 9.17) is 17.3 Å². The third-order valence-corrected chi connectivity index (χ3v) is 4.53. The Bertz CT molecular complexity index is 529. The highest BCUT2D eigenvalue weighted by Gasteiger charge is 2.08. The number of nitrogens with two attached hydrogens (primary N) is 1. The predicted molar refractivity (Wildman–Crippen MR) is 79.5 cm³/mol. The van der Waals surface area contributed by atoms with Crippen LogP contribution in [-0.2, 0) is 6.54 Å². The quantitative estimate of drug-likeness (QED) is 0.863. The maximum atomic E-state index is 5.84. The van der Waals surface area contributed by atoms with Crippen molar-refractivity contribution in [1.29, 1.82) is 0 Å². The molecule has 0 fully saturated rings. The number of hydrogen-bond donors (Lipinski definition) is 1. The lowest BCUT2D eigenvalue weighted by Gasteiger charge is -2.10. The molecule has 0 spiro atoms. The molecular weight excluding hydrogens is 284 g/mol. The topological polar surface area (TPSA) is 38.9 Å². The van der Waals surface area contributed by atoms with Crippen LogP contribution in [0, 0.1) is 0 Å². The lowest BCUT2D eigenvalue weighted by atomic mass is 10.2. The largest absolute Gasteiger partial charge is 0.326 e. The van der Waals surface area contributed by atoms with Gasteiger partial charge in [-0.05, 0) is 36.1 Å². The Labute approximate surface area is 120 Å². The molecular formula is C13H13ClN2S2. The molecule has 2 N–H and O–H groups in total. The Morgan fingerprint density at radius 2 is 2.00 bits per heavy atom. The fourth-order valence-electron chi connectivity index (χ4n) is 1.57. The Morgan fingerprint density at radius 1 is 1.22 bits per heavy atom. The van der Waals surface area contributed by atoms with Crippen molar-refractivity contribution in [3.63, 3.8) is 0 Å². The van der Waals surface area contributed by atoms with Crippen molar-refractivity contribution in [3.8, 4) is 0 Å². The molecule has 94 valence electrons. The van der Waals surface area contributed by atoms with Gasteiger partial charge in [0.2, 0.25) is 0 Å². The highest BCUT2D eigenvalue weighted by molar-refractivity contribution is 7.99. The first-order valence-corrected chi connectivity index (χ1v) is 7.82. The molecule has 0 aliphatic rings. The monoisotopic (exact) mass is 296 g/mol. The van der Waals surface area contributed by atoms with E-state index in [-0.39, 0.29) is 0 Å². The van der Waals surface area contributed by atoms with Gasteiger partial charge < -0.3 is 5.73 Å². The van der Waals surface area contributed by atoms with E-state index >= 15 is 0 Å². The molecule has 1 heterocycles. The Hall–Kier alpha value is -0.680. The number of rotatable bonds is 4. The van der Waals surface area contributed by atoms with E-state index in [0.717, 1.165) is 9.92 Å². The normalized spacial score (nSPS) is 10.6. The van der Waals surface area contributed by atoms with E-state index < -0.39 is 0 Å². The van der Waals surface area contributed by atoms with Gasteiger partial charge in [-0.15, -0.1) is 11.8 Å². The molecule has 0 amide bonds.